The van der Waals surface area contributed by atoms with Crippen LogP contribution >= 0.6 is 8.25 Å². The van der Waals surface area contributed by atoms with Crippen LogP contribution in [0.25, 0.3) is 0 Å². The summed E-state index contributed by atoms with van der Waals surface area (Å²) < 4.78 is 14.7. The van der Waals surface area contributed by atoms with E-state index in [-0.39, 0.29) is 0 Å². The Bertz CT molecular complexity index is 261. The fourth-order valence-electron chi connectivity index (χ4n) is 1.06. The summed E-state index contributed by atoms with van der Waals surface area (Å²) >= 11 is 0. The zero-order valence-corrected chi connectivity index (χ0v) is 8.11. The number of benzene rings is 1. The average molecular weight is 199 g/mol. The average Bonchev–Trinajstić information content (AvgIpc) is 2.14. The van der Waals surface area contributed by atoms with E-state index in [4.69, 9.17) is 4.89 Å². The van der Waals surface area contributed by atoms with E-state index in [9.17, 15) is 4.57 Å². The molecule has 0 fully saturated rings. The predicted octanol–water partition coefficient (Wildman–Crippen LogP) is 2.29. The summed E-state index contributed by atoms with van der Waals surface area (Å²) in [6.07, 6.45) is 1.65. The molecule has 0 aromatic heterocycles. The van der Waals surface area contributed by atoms with Crippen LogP contribution in [0, 0.1) is 0 Å². The first-order valence-corrected chi connectivity index (χ1v) is 5.25. The van der Waals surface area contributed by atoms with Crippen LogP contribution < -0.4 is 0 Å². The molecule has 0 aliphatic rings. The van der Waals surface area contributed by atoms with Crippen molar-refractivity contribution in [1.82, 2.24) is 0 Å². The van der Waals surface area contributed by atoms with E-state index < -0.39 is 8.25 Å². The molecule has 1 aromatic rings. The van der Waals surface area contributed by atoms with Crippen LogP contribution in [0.3, 0.4) is 0 Å². The molecule has 0 saturated carbocycles. The largest absolute Gasteiger partial charge is 0.694 e. The maximum Gasteiger partial charge on any atom is 0.694 e. The topological polar surface area (TPSA) is 46.5 Å². The van der Waals surface area contributed by atoms with Gasteiger partial charge in [-0.25, -0.2) is 0 Å². The normalized spacial score (nSPS) is 11.3. The van der Waals surface area contributed by atoms with Gasteiger partial charge in [0.25, 0.3) is 0 Å². The first-order chi connectivity index (χ1) is 6.29. The Labute approximate surface area is 78.3 Å². The van der Waals surface area contributed by atoms with Gasteiger partial charge in [0.15, 0.2) is 0 Å². The van der Waals surface area contributed by atoms with Crippen LogP contribution in [0.1, 0.15) is 12.0 Å². The molecule has 0 heterocycles. The van der Waals surface area contributed by atoms with Gasteiger partial charge in [-0.15, -0.1) is 9.42 Å². The van der Waals surface area contributed by atoms with Crippen LogP contribution in [0.15, 0.2) is 30.3 Å². The minimum absolute atomic E-state index is 0.334. The summed E-state index contributed by atoms with van der Waals surface area (Å²) in [5.74, 6) is 0. The molecule has 1 rings (SSSR count). The van der Waals surface area contributed by atoms with Gasteiger partial charge in [0.2, 0.25) is 0 Å². The molecule has 1 aromatic carbocycles. The van der Waals surface area contributed by atoms with Gasteiger partial charge >= 0.3 is 8.25 Å². The van der Waals surface area contributed by atoms with Crippen LogP contribution in [-0.4, -0.2) is 11.5 Å². The molecule has 70 valence electrons. The standard InChI is InChI=1S/C9H11O3P/c10-13(11)12-8-4-7-9-5-2-1-3-6-9/h1-3,5-6H,4,7-8H2/p+1. The van der Waals surface area contributed by atoms with Gasteiger partial charge in [0.05, 0.1) is 0 Å². The highest BCUT2D eigenvalue weighted by Crippen LogP contribution is 2.14. The van der Waals surface area contributed by atoms with E-state index in [1.54, 1.807) is 0 Å². The van der Waals surface area contributed by atoms with Gasteiger partial charge in [-0.05, 0) is 18.4 Å². The van der Waals surface area contributed by atoms with Gasteiger partial charge in [-0.3, -0.25) is 0 Å². The Morgan fingerprint density at radius 1 is 1.31 bits per heavy atom. The minimum atomic E-state index is -2.43. The molecule has 0 saturated heterocycles. The Hall–Kier alpha value is -0.760. The quantitative estimate of drug-likeness (QED) is 0.584. The SMILES string of the molecule is O=[P+](O)OCCCc1ccccc1. The lowest BCUT2D eigenvalue weighted by Crippen LogP contribution is -1.90. The number of hydrogen-bond acceptors (Lipinski definition) is 2. The zero-order valence-electron chi connectivity index (χ0n) is 7.22. The second-order valence-electron chi connectivity index (χ2n) is 2.66. The van der Waals surface area contributed by atoms with Crippen molar-refractivity contribution in [3.63, 3.8) is 0 Å². The molecule has 0 bridgehead atoms. The Morgan fingerprint density at radius 2 is 2.00 bits per heavy atom. The first kappa shape index (κ1) is 10.3. The Kier molecular flexibility index (Phi) is 4.61. The van der Waals surface area contributed by atoms with E-state index in [2.05, 4.69) is 4.52 Å². The molecular formula is C9H12O3P+. The molecular weight excluding hydrogens is 187 g/mol. The zero-order chi connectivity index (χ0) is 9.52. The molecule has 4 heteroatoms. The minimum Gasteiger partial charge on any atom is -0.133 e. The highest BCUT2D eigenvalue weighted by atomic mass is 31.1. The van der Waals surface area contributed by atoms with Crippen molar-refractivity contribution >= 4 is 8.25 Å². The lowest BCUT2D eigenvalue weighted by molar-refractivity contribution is 0.277. The molecule has 13 heavy (non-hydrogen) atoms. The summed E-state index contributed by atoms with van der Waals surface area (Å²) in [5.41, 5.74) is 1.22. The van der Waals surface area contributed by atoms with E-state index in [0.717, 1.165) is 12.8 Å². The lowest BCUT2D eigenvalue weighted by atomic mass is 10.1. The van der Waals surface area contributed by atoms with Crippen LogP contribution in [0.4, 0.5) is 0 Å². The fourth-order valence-corrected chi connectivity index (χ4v) is 1.35. The molecule has 3 nitrogen and oxygen atoms in total. The highest BCUT2D eigenvalue weighted by Gasteiger charge is 2.09. The molecule has 0 aliphatic heterocycles. The second kappa shape index (κ2) is 5.81. The summed E-state index contributed by atoms with van der Waals surface area (Å²) in [5, 5.41) is 0. The van der Waals surface area contributed by atoms with E-state index in [1.165, 1.54) is 5.56 Å². The van der Waals surface area contributed by atoms with Crippen LogP contribution in [-0.2, 0) is 15.5 Å². The fraction of sp³-hybridized carbons (Fsp3) is 0.333. The number of rotatable bonds is 5. The smallest absolute Gasteiger partial charge is 0.133 e. The van der Waals surface area contributed by atoms with Gasteiger partial charge in [-0.1, -0.05) is 30.3 Å². The summed E-state index contributed by atoms with van der Waals surface area (Å²) in [6.45, 7) is 0.334. The van der Waals surface area contributed by atoms with Gasteiger partial charge in [0.1, 0.15) is 6.61 Å². The third kappa shape index (κ3) is 4.73. The number of hydrogen-bond donors (Lipinski definition) is 1. The third-order valence-electron chi connectivity index (χ3n) is 1.65. The van der Waals surface area contributed by atoms with Crippen molar-refractivity contribution in [2.45, 2.75) is 12.8 Å². The third-order valence-corrected chi connectivity index (χ3v) is 2.06. The van der Waals surface area contributed by atoms with Crippen molar-refractivity contribution in [3.05, 3.63) is 35.9 Å². The first-order valence-electron chi connectivity index (χ1n) is 4.12. The summed E-state index contributed by atoms with van der Waals surface area (Å²) in [4.78, 5) is 8.34. The summed E-state index contributed by atoms with van der Waals surface area (Å²) in [7, 11) is -2.43. The second-order valence-corrected chi connectivity index (χ2v) is 3.39. The molecule has 0 spiro atoms. The summed E-state index contributed by atoms with van der Waals surface area (Å²) in [6, 6.07) is 9.97. The van der Waals surface area contributed by atoms with Gasteiger partial charge in [-0.2, -0.15) is 0 Å². The Balaban J connectivity index is 2.17. The van der Waals surface area contributed by atoms with E-state index in [1.807, 2.05) is 30.3 Å². The van der Waals surface area contributed by atoms with Crippen LogP contribution in [0.2, 0.25) is 0 Å². The lowest BCUT2D eigenvalue weighted by Gasteiger charge is -1.96. The maximum atomic E-state index is 10.1. The van der Waals surface area contributed by atoms with Crippen molar-refractivity contribution in [1.29, 1.82) is 0 Å². The predicted molar refractivity (Wildman–Crippen MR) is 50.5 cm³/mol. The molecule has 1 unspecified atom stereocenters. The molecule has 1 atom stereocenters. The van der Waals surface area contributed by atoms with E-state index >= 15 is 0 Å². The molecule has 1 N–H and O–H groups in total. The maximum absolute atomic E-state index is 10.1. The monoisotopic (exact) mass is 199 g/mol. The van der Waals surface area contributed by atoms with Crippen molar-refractivity contribution in [2.75, 3.05) is 6.61 Å². The van der Waals surface area contributed by atoms with Crippen LogP contribution in [0.5, 0.6) is 0 Å². The van der Waals surface area contributed by atoms with Crippen molar-refractivity contribution in [3.8, 4) is 0 Å². The molecule has 0 amide bonds. The van der Waals surface area contributed by atoms with E-state index in [0.29, 0.717) is 6.61 Å². The Morgan fingerprint density at radius 3 is 2.62 bits per heavy atom. The molecule has 0 aliphatic carbocycles. The van der Waals surface area contributed by atoms with Gasteiger partial charge in [0, 0.05) is 4.57 Å². The van der Waals surface area contributed by atoms with Crippen molar-refractivity contribution in [2.24, 2.45) is 0 Å². The number of aryl methyl sites for hydroxylation is 1. The van der Waals surface area contributed by atoms with Gasteiger partial charge < -0.3 is 0 Å². The molecule has 0 radical (unpaired) electrons. The highest BCUT2D eigenvalue weighted by molar-refractivity contribution is 7.32. The van der Waals surface area contributed by atoms with Crippen molar-refractivity contribution < 1.29 is 14.0 Å².